The molecule has 21 heavy (non-hydrogen) atoms. The van der Waals surface area contributed by atoms with Crippen LogP contribution in [-0.2, 0) is 0 Å². The zero-order valence-corrected chi connectivity index (χ0v) is 11.1. The van der Waals surface area contributed by atoms with Crippen LogP contribution in [0, 0.1) is 15.9 Å². The summed E-state index contributed by atoms with van der Waals surface area (Å²) in [6, 6.07) is 6.37. The first-order valence-electron chi connectivity index (χ1n) is 5.75. The summed E-state index contributed by atoms with van der Waals surface area (Å²) in [5, 5.41) is 10.6. The fourth-order valence-corrected chi connectivity index (χ4v) is 2.06. The second kappa shape index (κ2) is 4.71. The Balaban J connectivity index is 2.14. The third-order valence-electron chi connectivity index (χ3n) is 2.91. The molecule has 2 N–H and O–H groups in total. The monoisotopic (exact) mass is 307 g/mol. The summed E-state index contributed by atoms with van der Waals surface area (Å²) in [5.41, 5.74) is 6.74. The van der Waals surface area contributed by atoms with Gasteiger partial charge in [-0.1, -0.05) is 11.6 Å². The van der Waals surface area contributed by atoms with Crippen LogP contribution in [0.5, 0.6) is 0 Å². The number of nitrogens with zero attached hydrogens (tertiary/aromatic N) is 2. The second-order valence-corrected chi connectivity index (χ2v) is 4.69. The molecule has 1 heterocycles. The van der Waals surface area contributed by atoms with Gasteiger partial charge >= 0.3 is 0 Å². The quantitative estimate of drug-likeness (QED) is 0.441. The van der Waals surface area contributed by atoms with Gasteiger partial charge in [-0.3, -0.25) is 10.1 Å². The summed E-state index contributed by atoms with van der Waals surface area (Å²) in [4.78, 5) is 14.3. The Morgan fingerprint density at radius 3 is 2.76 bits per heavy atom. The van der Waals surface area contributed by atoms with E-state index in [1.165, 1.54) is 24.3 Å². The molecule has 0 fully saturated rings. The zero-order valence-electron chi connectivity index (χ0n) is 10.3. The lowest BCUT2D eigenvalue weighted by Gasteiger charge is -2.00. The lowest BCUT2D eigenvalue weighted by atomic mass is 10.1. The molecule has 0 bridgehead atoms. The lowest BCUT2D eigenvalue weighted by Crippen LogP contribution is -1.94. The average molecular weight is 308 g/mol. The SMILES string of the molecule is Nc1cc([N+](=O)[O-])ccc1-c1nc2cc(Cl)c(F)cc2o1. The van der Waals surface area contributed by atoms with Gasteiger partial charge in [0.25, 0.3) is 5.69 Å². The third-order valence-corrected chi connectivity index (χ3v) is 3.20. The molecule has 0 saturated heterocycles. The standard InChI is InChI=1S/C13H7ClFN3O3/c14-8-4-11-12(5-9(8)15)21-13(17-11)7-2-1-6(18(19)20)3-10(7)16/h1-5H,16H2. The number of aromatic nitrogens is 1. The maximum atomic E-state index is 13.4. The molecule has 0 spiro atoms. The number of hydrogen-bond donors (Lipinski definition) is 1. The van der Waals surface area contributed by atoms with Crippen LogP contribution in [0.15, 0.2) is 34.7 Å². The molecule has 0 aliphatic rings. The molecule has 0 amide bonds. The van der Waals surface area contributed by atoms with Crippen LogP contribution in [0.4, 0.5) is 15.8 Å². The molecule has 6 nitrogen and oxygen atoms in total. The lowest BCUT2D eigenvalue weighted by molar-refractivity contribution is -0.384. The van der Waals surface area contributed by atoms with Gasteiger partial charge in [-0.05, 0) is 12.1 Å². The molecular weight excluding hydrogens is 301 g/mol. The van der Waals surface area contributed by atoms with Gasteiger partial charge in [0.2, 0.25) is 5.89 Å². The number of nitrogen functional groups attached to an aromatic ring is 1. The van der Waals surface area contributed by atoms with Crippen LogP contribution < -0.4 is 5.73 Å². The molecule has 0 atom stereocenters. The van der Waals surface area contributed by atoms with E-state index in [-0.39, 0.29) is 27.9 Å². The normalized spacial score (nSPS) is 11.0. The number of nitro benzene ring substituents is 1. The summed E-state index contributed by atoms with van der Waals surface area (Å²) in [6.45, 7) is 0. The number of halogens is 2. The zero-order chi connectivity index (χ0) is 15.1. The molecule has 0 saturated carbocycles. The van der Waals surface area contributed by atoms with Gasteiger partial charge in [0, 0.05) is 18.2 Å². The van der Waals surface area contributed by atoms with Gasteiger partial charge < -0.3 is 10.2 Å². The highest BCUT2D eigenvalue weighted by Gasteiger charge is 2.16. The van der Waals surface area contributed by atoms with E-state index in [9.17, 15) is 14.5 Å². The summed E-state index contributed by atoms with van der Waals surface area (Å²) < 4.78 is 18.8. The van der Waals surface area contributed by atoms with Crippen molar-refractivity contribution in [1.29, 1.82) is 0 Å². The minimum Gasteiger partial charge on any atom is -0.436 e. The van der Waals surface area contributed by atoms with Crippen molar-refractivity contribution in [3.63, 3.8) is 0 Å². The average Bonchev–Trinajstić information content (AvgIpc) is 2.81. The van der Waals surface area contributed by atoms with Crippen molar-refractivity contribution >= 4 is 34.1 Å². The number of oxazole rings is 1. The largest absolute Gasteiger partial charge is 0.436 e. The van der Waals surface area contributed by atoms with Crippen LogP contribution in [0.2, 0.25) is 5.02 Å². The minimum atomic E-state index is -0.622. The fourth-order valence-electron chi connectivity index (χ4n) is 1.90. The molecule has 8 heteroatoms. The van der Waals surface area contributed by atoms with Crippen molar-refractivity contribution in [1.82, 2.24) is 4.98 Å². The topological polar surface area (TPSA) is 95.2 Å². The van der Waals surface area contributed by atoms with Crippen LogP contribution in [0.3, 0.4) is 0 Å². The number of benzene rings is 2. The Labute approximate surface area is 122 Å². The molecular formula is C13H7ClFN3O3. The summed E-state index contributed by atoms with van der Waals surface area (Å²) in [6.07, 6.45) is 0. The number of fused-ring (bicyclic) bond motifs is 1. The summed E-state index contributed by atoms with van der Waals surface area (Å²) in [5.74, 6) is -0.484. The van der Waals surface area contributed by atoms with Crippen molar-refractivity contribution in [2.24, 2.45) is 0 Å². The Hall–Kier alpha value is -2.67. The van der Waals surface area contributed by atoms with Crippen LogP contribution in [0.1, 0.15) is 0 Å². The number of nitro groups is 1. The molecule has 1 aromatic heterocycles. The Morgan fingerprint density at radius 1 is 1.33 bits per heavy atom. The maximum absolute atomic E-state index is 13.4. The van der Waals surface area contributed by atoms with E-state index in [0.717, 1.165) is 6.07 Å². The van der Waals surface area contributed by atoms with Crippen LogP contribution >= 0.6 is 11.6 Å². The van der Waals surface area contributed by atoms with E-state index in [2.05, 4.69) is 4.98 Å². The molecule has 0 radical (unpaired) electrons. The van der Waals surface area contributed by atoms with E-state index in [4.69, 9.17) is 21.8 Å². The van der Waals surface area contributed by atoms with Crippen molar-refractivity contribution in [3.05, 3.63) is 51.3 Å². The molecule has 0 unspecified atom stereocenters. The highest BCUT2D eigenvalue weighted by atomic mass is 35.5. The predicted octanol–water partition coefficient (Wildman–Crippen LogP) is 3.78. The van der Waals surface area contributed by atoms with Crippen LogP contribution in [0.25, 0.3) is 22.6 Å². The maximum Gasteiger partial charge on any atom is 0.271 e. The number of non-ortho nitro benzene ring substituents is 1. The number of rotatable bonds is 2. The van der Waals surface area contributed by atoms with Crippen molar-refractivity contribution in [2.45, 2.75) is 0 Å². The molecule has 0 aliphatic carbocycles. The Kier molecular flexibility index (Phi) is 2.99. The van der Waals surface area contributed by atoms with Gasteiger partial charge in [0.05, 0.1) is 21.2 Å². The minimum absolute atomic E-state index is 0.0704. The van der Waals surface area contributed by atoms with E-state index in [1.807, 2.05) is 0 Å². The first-order valence-corrected chi connectivity index (χ1v) is 6.13. The molecule has 2 aromatic carbocycles. The van der Waals surface area contributed by atoms with Gasteiger partial charge in [0.1, 0.15) is 11.3 Å². The first-order chi connectivity index (χ1) is 9.95. The van der Waals surface area contributed by atoms with Gasteiger partial charge in [-0.15, -0.1) is 0 Å². The highest BCUT2D eigenvalue weighted by molar-refractivity contribution is 6.31. The molecule has 0 aliphatic heterocycles. The summed E-state index contributed by atoms with van der Waals surface area (Å²) in [7, 11) is 0. The van der Waals surface area contributed by atoms with E-state index in [0.29, 0.717) is 11.1 Å². The van der Waals surface area contributed by atoms with Crippen LogP contribution in [-0.4, -0.2) is 9.91 Å². The van der Waals surface area contributed by atoms with Gasteiger partial charge in [0.15, 0.2) is 5.58 Å². The number of nitrogens with two attached hydrogens (primary N) is 1. The number of hydrogen-bond acceptors (Lipinski definition) is 5. The Bertz CT molecular complexity index is 839. The second-order valence-electron chi connectivity index (χ2n) is 4.28. The Morgan fingerprint density at radius 2 is 2.10 bits per heavy atom. The molecule has 3 aromatic rings. The van der Waals surface area contributed by atoms with Gasteiger partial charge in [-0.2, -0.15) is 0 Å². The number of anilines is 1. The van der Waals surface area contributed by atoms with Crippen molar-refractivity contribution < 1.29 is 13.7 Å². The molecule has 3 rings (SSSR count). The van der Waals surface area contributed by atoms with Crippen molar-refractivity contribution in [2.75, 3.05) is 5.73 Å². The fraction of sp³-hybridized carbons (Fsp3) is 0. The van der Waals surface area contributed by atoms with E-state index < -0.39 is 10.7 Å². The summed E-state index contributed by atoms with van der Waals surface area (Å²) >= 11 is 5.67. The first kappa shape index (κ1) is 13.3. The smallest absolute Gasteiger partial charge is 0.271 e. The van der Waals surface area contributed by atoms with Crippen molar-refractivity contribution in [3.8, 4) is 11.5 Å². The third kappa shape index (κ3) is 2.27. The predicted molar refractivity (Wildman–Crippen MR) is 75.5 cm³/mol. The molecule has 106 valence electrons. The highest BCUT2D eigenvalue weighted by Crippen LogP contribution is 2.32. The van der Waals surface area contributed by atoms with E-state index >= 15 is 0 Å². The van der Waals surface area contributed by atoms with E-state index in [1.54, 1.807) is 0 Å². The van der Waals surface area contributed by atoms with Gasteiger partial charge in [-0.25, -0.2) is 9.37 Å².